The van der Waals surface area contributed by atoms with Gasteiger partial charge in [0.15, 0.2) is 0 Å². The lowest BCUT2D eigenvalue weighted by molar-refractivity contribution is 0.326. The molecule has 1 N–H and O–H groups in total. The van der Waals surface area contributed by atoms with Gasteiger partial charge in [0.05, 0.1) is 11.4 Å². The zero-order valence-electron chi connectivity index (χ0n) is 12.2. The van der Waals surface area contributed by atoms with E-state index in [4.69, 9.17) is 0 Å². The van der Waals surface area contributed by atoms with Crippen molar-refractivity contribution >= 4 is 0 Å². The fourth-order valence-electron chi connectivity index (χ4n) is 2.29. The van der Waals surface area contributed by atoms with Gasteiger partial charge in [-0.2, -0.15) is 5.10 Å². The monoisotopic (exact) mass is 258 g/mol. The molecule has 0 radical (unpaired) electrons. The quantitative estimate of drug-likeness (QED) is 0.895. The second-order valence-electron chi connectivity index (χ2n) is 5.17. The Bertz CT molecular complexity index is 525. The smallest absolute Gasteiger partial charge is 0.0626 e. The third-order valence-electron chi connectivity index (χ3n) is 3.40. The number of pyridine rings is 1. The van der Waals surface area contributed by atoms with Gasteiger partial charge in [-0.1, -0.05) is 6.07 Å². The topological polar surface area (TPSA) is 44.8 Å². The largest absolute Gasteiger partial charge is 0.300 e. The van der Waals surface area contributed by atoms with E-state index in [1.54, 1.807) is 0 Å². The van der Waals surface area contributed by atoms with Gasteiger partial charge in [-0.05, 0) is 51.9 Å². The van der Waals surface area contributed by atoms with Crippen molar-refractivity contribution in [3.05, 3.63) is 46.5 Å². The molecule has 0 spiro atoms. The van der Waals surface area contributed by atoms with Crippen LogP contribution in [0.4, 0.5) is 0 Å². The summed E-state index contributed by atoms with van der Waals surface area (Å²) in [6.07, 6.45) is 1.02. The van der Waals surface area contributed by atoms with E-state index in [1.807, 2.05) is 13.0 Å². The van der Waals surface area contributed by atoms with Crippen LogP contribution >= 0.6 is 0 Å². The van der Waals surface area contributed by atoms with Gasteiger partial charge in [-0.3, -0.25) is 10.1 Å². The van der Waals surface area contributed by atoms with Crippen LogP contribution in [0.3, 0.4) is 0 Å². The first kappa shape index (κ1) is 13.7. The molecule has 0 bridgehead atoms. The average molecular weight is 258 g/mol. The van der Waals surface area contributed by atoms with Crippen molar-refractivity contribution < 1.29 is 0 Å². The van der Waals surface area contributed by atoms with E-state index in [0.29, 0.717) is 0 Å². The summed E-state index contributed by atoms with van der Waals surface area (Å²) < 4.78 is 0. The molecule has 0 aliphatic carbocycles. The number of nitrogens with one attached hydrogen (secondary N) is 1. The molecule has 4 heteroatoms. The highest BCUT2D eigenvalue weighted by Gasteiger charge is 2.08. The number of likely N-dealkylation sites (N-methyl/N-ethyl adjacent to an activating group) is 1. The van der Waals surface area contributed by atoms with E-state index in [9.17, 15) is 0 Å². The molecule has 2 aromatic rings. The lowest BCUT2D eigenvalue weighted by Gasteiger charge is -2.16. The van der Waals surface area contributed by atoms with Gasteiger partial charge < -0.3 is 4.90 Å². The highest BCUT2D eigenvalue weighted by Crippen LogP contribution is 2.11. The molecule has 0 amide bonds. The highest BCUT2D eigenvalue weighted by atomic mass is 15.1. The van der Waals surface area contributed by atoms with Crippen molar-refractivity contribution in [3.8, 4) is 0 Å². The van der Waals surface area contributed by atoms with Crippen LogP contribution in [0.25, 0.3) is 0 Å². The van der Waals surface area contributed by atoms with E-state index in [0.717, 1.165) is 36.6 Å². The molecule has 0 fully saturated rings. The maximum atomic E-state index is 4.53. The standard InChI is InChI=1S/C15H22N4/c1-11-6-5-7-14(16-11)10-19(4)9-8-15-12(2)17-18-13(15)3/h5-7H,8-10H2,1-4H3,(H,17,18). The molecule has 0 aliphatic rings. The van der Waals surface area contributed by atoms with E-state index in [-0.39, 0.29) is 0 Å². The van der Waals surface area contributed by atoms with Crippen LogP contribution in [0.1, 0.15) is 28.3 Å². The highest BCUT2D eigenvalue weighted by molar-refractivity contribution is 5.23. The molecule has 0 saturated heterocycles. The van der Waals surface area contributed by atoms with Crippen molar-refractivity contribution in [1.82, 2.24) is 20.1 Å². The summed E-state index contributed by atoms with van der Waals surface area (Å²) in [5.41, 5.74) is 5.83. The van der Waals surface area contributed by atoms with Crippen molar-refractivity contribution in [2.45, 2.75) is 33.7 Å². The van der Waals surface area contributed by atoms with Gasteiger partial charge >= 0.3 is 0 Å². The molecule has 0 atom stereocenters. The van der Waals surface area contributed by atoms with Gasteiger partial charge in [0, 0.05) is 24.5 Å². The van der Waals surface area contributed by atoms with Crippen LogP contribution in [0.5, 0.6) is 0 Å². The van der Waals surface area contributed by atoms with E-state index in [1.165, 1.54) is 11.3 Å². The van der Waals surface area contributed by atoms with Crippen molar-refractivity contribution in [2.24, 2.45) is 0 Å². The maximum Gasteiger partial charge on any atom is 0.0626 e. The minimum absolute atomic E-state index is 0.887. The molecular weight excluding hydrogens is 236 g/mol. The average Bonchev–Trinajstić information content (AvgIpc) is 2.67. The summed E-state index contributed by atoms with van der Waals surface area (Å²) in [7, 11) is 2.13. The molecule has 2 heterocycles. The zero-order chi connectivity index (χ0) is 13.8. The van der Waals surface area contributed by atoms with Gasteiger partial charge in [-0.25, -0.2) is 0 Å². The van der Waals surface area contributed by atoms with Crippen molar-refractivity contribution in [3.63, 3.8) is 0 Å². The molecule has 0 unspecified atom stereocenters. The number of hydrogen-bond donors (Lipinski definition) is 1. The Morgan fingerprint density at radius 1 is 1.21 bits per heavy atom. The lowest BCUT2D eigenvalue weighted by Crippen LogP contribution is -2.21. The molecule has 0 aromatic carbocycles. The van der Waals surface area contributed by atoms with Gasteiger partial charge in [0.25, 0.3) is 0 Å². The van der Waals surface area contributed by atoms with Crippen LogP contribution in [0.15, 0.2) is 18.2 Å². The van der Waals surface area contributed by atoms with Gasteiger partial charge in [0.2, 0.25) is 0 Å². The normalized spacial score (nSPS) is 11.2. The fourth-order valence-corrected chi connectivity index (χ4v) is 2.29. The summed E-state index contributed by atoms with van der Waals surface area (Å²) in [5, 5.41) is 7.27. The summed E-state index contributed by atoms with van der Waals surface area (Å²) >= 11 is 0. The third kappa shape index (κ3) is 3.64. The van der Waals surface area contributed by atoms with Crippen molar-refractivity contribution in [2.75, 3.05) is 13.6 Å². The number of aromatic amines is 1. The van der Waals surface area contributed by atoms with E-state index >= 15 is 0 Å². The number of nitrogens with zero attached hydrogens (tertiary/aromatic N) is 3. The van der Waals surface area contributed by atoms with Gasteiger partial charge in [-0.15, -0.1) is 0 Å². The number of rotatable bonds is 5. The molecular formula is C15H22N4. The molecule has 19 heavy (non-hydrogen) atoms. The zero-order valence-corrected chi connectivity index (χ0v) is 12.2. The minimum atomic E-state index is 0.887. The SMILES string of the molecule is Cc1cccc(CN(C)CCc2c(C)n[nH]c2C)n1. The number of hydrogen-bond acceptors (Lipinski definition) is 3. The summed E-state index contributed by atoms with van der Waals surface area (Å²) in [6, 6.07) is 6.18. The van der Waals surface area contributed by atoms with E-state index in [2.05, 4.69) is 53.1 Å². The van der Waals surface area contributed by atoms with Crippen LogP contribution < -0.4 is 0 Å². The Balaban J connectivity index is 1.90. The fraction of sp³-hybridized carbons (Fsp3) is 0.467. The molecule has 0 aliphatic heterocycles. The van der Waals surface area contributed by atoms with E-state index < -0.39 is 0 Å². The first-order chi connectivity index (χ1) is 9.06. The number of aromatic nitrogens is 3. The molecule has 4 nitrogen and oxygen atoms in total. The molecule has 2 rings (SSSR count). The summed E-state index contributed by atoms with van der Waals surface area (Å²) in [4.78, 5) is 6.83. The second-order valence-corrected chi connectivity index (χ2v) is 5.17. The predicted molar refractivity (Wildman–Crippen MR) is 77.1 cm³/mol. The van der Waals surface area contributed by atoms with Gasteiger partial charge in [0.1, 0.15) is 0 Å². The Morgan fingerprint density at radius 3 is 2.63 bits per heavy atom. The van der Waals surface area contributed by atoms with Crippen LogP contribution in [-0.2, 0) is 13.0 Å². The maximum absolute atomic E-state index is 4.53. The third-order valence-corrected chi connectivity index (χ3v) is 3.40. The van der Waals surface area contributed by atoms with Crippen LogP contribution in [0, 0.1) is 20.8 Å². The first-order valence-corrected chi connectivity index (χ1v) is 6.68. The second kappa shape index (κ2) is 5.97. The van der Waals surface area contributed by atoms with Crippen LogP contribution in [0.2, 0.25) is 0 Å². The Hall–Kier alpha value is -1.68. The Morgan fingerprint density at radius 2 is 2.00 bits per heavy atom. The Kier molecular flexibility index (Phi) is 4.32. The summed E-state index contributed by atoms with van der Waals surface area (Å²) in [5.74, 6) is 0. The molecule has 102 valence electrons. The van der Waals surface area contributed by atoms with Crippen molar-refractivity contribution in [1.29, 1.82) is 0 Å². The molecule has 2 aromatic heterocycles. The predicted octanol–water partition coefficient (Wildman–Crippen LogP) is 2.40. The summed E-state index contributed by atoms with van der Waals surface area (Å²) in [6.45, 7) is 8.06. The number of aryl methyl sites for hydroxylation is 3. The minimum Gasteiger partial charge on any atom is -0.300 e. The first-order valence-electron chi connectivity index (χ1n) is 6.68. The molecule has 0 saturated carbocycles. The van der Waals surface area contributed by atoms with Crippen LogP contribution in [-0.4, -0.2) is 33.7 Å². The number of H-pyrrole nitrogens is 1. The Labute approximate surface area is 114 Å². The lowest BCUT2D eigenvalue weighted by atomic mass is 10.1.